The van der Waals surface area contributed by atoms with E-state index >= 15 is 0 Å². The molecular weight excluding hydrogens is 292 g/mol. The first-order valence-electron chi connectivity index (χ1n) is 6.48. The maximum absolute atomic E-state index is 9.70. The van der Waals surface area contributed by atoms with Crippen molar-refractivity contribution in [1.82, 2.24) is 5.32 Å². The molecule has 100 valence electrons. The molecule has 0 spiro atoms. The van der Waals surface area contributed by atoms with E-state index in [4.69, 9.17) is 0 Å². The first-order chi connectivity index (χ1) is 8.61. The highest BCUT2D eigenvalue weighted by molar-refractivity contribution is 9.10. The van der Waals surface area contributed by atoms with E-state index in [1.807, 2.05) is 14.0 Å². The quantitative estimate of drug-likeness (QED) is 0.896. The van der Waals surface area contributed by atoms with Crippen LogP contribution in [0, 0.1) is 5.92 Å². The van der Waals surface area contributed by atoms with Crippen LogP contribution in [0.1, 0.15) is 18.9 Å². The lowest BCUT2D eigenvalue weighted by atomic mass is 10.0. The van der Waals surface area contributed by atoms with Crippen LogP contribution in [0.5, 0.6) is 0 Å². The molecule has 1 aromatic carbocycles. The van der Waals surface area contributed by atoms with Crippen LogP contribution in [0.4, 0.5) is 5.69 Å². The van der Waals surface area contributed by atoms with Gasteiger partial charge >= 0.3 is 0 Å². The van der Waals surface area contributed by atoms with E-state index in [0.29, 0.717) is 5.92 Å². The van der Waals surface area contributed by atoms with E-state index in [2.05, 4.69) is 44.3 Å². The zero-order valence-electron chi connectivity index (χ0n) is 11.0. The molecule has 1 aliphatic rings. The molecule has 18 heavy (non-hydrogen) atoms. The van der Waals surface area contributed by atoms with E-state index in [9.17, 15) is 5.11 Å². The molecule has 4 heteroatoms. The van der Waals surface area contributed by atoms with Crippen molar-refractivity contribution in [2.75, 3.05) is 25.0 Å². The first kappa shape index (κ1) is 13.8. The van der Waals surface area contributed by atoms with E-state index in [1.165, 1.54) is 11.3 Å². The summed E-state index contributed by atoms with van der Waals surface area (Å²) in [5, 5.41) is 12.9. The molecule has 0 saturated carbocycles. The number of halogens is 1. The minimum Gasteiger partial charge on any atom is -0.393 e. The SMILES string of the molecule is CNCc1ccc(Br)cc1N1CCC(C(C)O)C1. The number of aliphatic hydroxyl groups excluding tert-OH is 1. The van der Waals surface area contributed by atoms with Gasteiger partial charge in [0, 0.05) is 35.7 Å². The number of aliphatic hydroxyl groups is 1. The summed E-state index contributed by atoms with van der Waals surface area (Å²) in [5.41, 5.74) is 2.59. The fraction of sp³-hybridized carbons (Fsp3) is 0.571. The summed E-state index contributed by atoms with van der Waals surface area (Å²) >= 11 is 3.54. The van der Waals surface area contributed by atoms with Crippen molar-refractivity contribution in [3.05, 3.63) is 28.2 Å². The van der Waals surface area contributed by atoms with Gasteiger partial charge in [-0.05, 0) is 38.1 Å². The molecular formula is C14H21BrN2O. The highest BCUT2D eigenvalue weighted by Crippen LogP contribution is 2.30. The first-order valence-corrected chi connectivity index (χ1v) is 7.27. The van der Waals surface area contributed by atoms with Gasteiger partial charge in [-0.15, -0.1) is 0 Å². The summed E-state index contributed by atoms with van der Waals surface area (Å²) in [4.78, 5) is 2.38. The fourth-order valence-electron chi connectivity index (χ4n) is 2.57. The Bertz CT molecular complexity index is 409. The normalized spacial score (nSPS) is 21.3. The third kappa shape index (κ3) is 3.05. The second-order valence-electron chi connectivity index (χ2n) is 5.04. The van der Waals surface area contributed by atoms with Crippen LogP contribution in [-0.2, 0) is 6.54 Å². The molecule has 0 aliphatic carbocycles. The summed E-state index contributed by atoms with van der Waals surface area (Å²) in [7, 11) is 1.97. The number of nitrogens with one attached hydrogen (secondary N) is 1. The molecule has 0 bridgehead atoms. The number of anilines is 1. The smallest absolute Gasteiger partial charge is 0.0557 e. The van der Waals surface area contributed by atoms with E-state index in [0.717, 1.165) is 30.5 Å². The van der Waals surface area contributed by atoms with Gasteiger partial charge in [0.25, 0.3) is 0 Å². The Labute approximate surface area is 117 Å². The Morgan fingerprint density at radius 3 is 2.94 bits per heavy atom. The molecule has 2 unspecified atom stereocenters. The van der Waals surface area contributed by atoms with Crippen LogP contribution in [-0.4, -0.2) is 31.3 Å². The van der Waals surface area contributed by atoms with Crippen molar-refractivity contribution in [1.29, 1.82) is 0 Å². The molecule has 2 rings (SSSR count). The van der Waals surface area contributed by atoms with Gasteiger partial charge < -0.3 is 15.3 Å². The summed E-state index contributed by atoms with van der Waals surface area (Å²) in [6, 6.07) is 6.42. The van der Waals surface area contributed by atoms with Gasteiger partial charge in [-0.1, -0.05) is 22.0 Å². The number of rotatable bonds is 4. The molecule has 3 nitrogen and oxygen atoms in total. The molecule has 2 N–H and O–H groups in total. The van der Waals surface area contributed by atoms with Gasteiger partial charge in [0.05, 0.1) is 6.10 Å². The number of nitrogens with zero attached hydrogens (tertiary/aromatic N) is 1. The van der Waals surface area contributed by atoms with Crippen LogP contribution in [0.3, 0.4) is 0 Å². The maximum Gasteiger partial charge on any atom is 0.0557 e. The van der Waals surface area contributed by atoms with Crippen LogP contribution in [0.15, 0.2) is 22.7 Å². The van der Waals surface area contributed by atoms with Crippen molar-refractivity contribution in [2.24, 2.45) is 5.92 Å². The maximum atomic E-state index is 9.70. The van der Waals surface area contributed by atoms with Crippen LogP contribution < -0.4 is 10.2 Å². The van der Waals surface area contributed by atoms with E-state index in [1.54, 1.807) is 0 Å². The molecule has 0 radical (unpaired) electrons. The van der Waals surface area contributed by atoms with Crippen LogP contribution in [0.2, 0.25) is 0 Å². The molecule has 1 aliphatic heterocycles. The standard InChI is InChI=1S/C14H21BrN2O/c1-10(18)12-5-6-17(9-12)14-7-13(15)4-3-11(14)8-16-2/h3-4,7,10,12,16,18H,5-6,8-9H2,1-2H3. The number of benzene rings is 1. The highest BCUT2D eigenvalue weighted by Gasteiger charge is 2.27. The lowest BCUT2D eigenvalue weighted by Gasteiger charge is -2.23. The van der Waals surface area contributed by atoms with Gasteiger partial charge in [0.2, 0.25) is 0 Å². The lowest BCUT2D eigenvalue weighted by molar-refractivity contribution is 0.136. The molecule has 1 saturated heterocycles. The number of hydrogen-bond donors (Lipinski definition) is 2. The fourth-order valence-corrected chi connectivity index (χ4v) is 2.92. The molecule has 0 aromatic heterocycles. The second kappa shape index (κ2) is 6.04. The summed E-state index contributed by atoms with van der Waals surface area (Å²) < 4.78 is 1.11. The Morgan fingerprint density at radius 1 is 1.56 bits per heavy atom. The molecule has 1 heterocycles. The van der Waals surface area contributed by atoms with E-state index < -0.39 is 0 Å². The Balaban J connectivity index is 2.19. The monoisotopic (exact) mass is 312 g/mol. The van der Waals surface area contributed by atoms with Gasteiger partial charge in [0.15, 0.2) is 0 Å². The topological polar surface area (TPSA) is 35.5 Å². The van der Waals surface area contributed by atoms with E-state index in [-0.39, 0.29) is 6.10 Å². The van der Waals surface area contributed by atoms with Gasteiger partial charge in [-0.25, -0.2) is 0 Å². The Kier molecular flexibility index (Phi) is 4.65. The van der Waals surface area contributed by atoms with Gasteiger partial charge in [0.1, 0.15) is 0 Å². The average molecular weight is 313 g/mol. The van der Waals surface area contributed by atoms with Crippen molar-refractivity contribution in [2.45, 2.75) is 26.0 Å². The van der Waals surface area contributed by atoms with Crippen molar-refractivity contribution in [3.63, 3.8) is 0 Å². The molecule has 1 aromatic rings. The van der Waals surface area contributed by atoms with Crippen molar-refractivity contribution in [3.8, 4) is 0 Å². The lowest BCUT2D eigenvalue weighted by Crippen LogP contribution is -2.25. The molecule has 2 atom stereocenters. The largest absolute Gasteiger partial charge is 0.393 e. The predicted molar refractivity (Wildman–Crippen MR) is 78.9 cm³/mol. The van der Waals surface area contributed by atoms with Gasteiger partial charge in [-0.2, -0.15) is 0 Å². The average Bonchev–Trinajstić information content (AvgIpc) is 2.81. The number of hydrogen-bond acceptors (Lipinski definition) is 3. The zero-order valence-corrected chi connectivity index (χ0v) is 12.6. The van der Waals surface area contributed by atoms with Gasteiger partial charge in [-0.3, -0.25) is 0 Å². The Morgan fingerprint density at radius 2 is 2.33 bits per heavy atom. The third-order valence-electron chi connectivity index (χ3n) is 3.66. The zero-order chi connectivity index (χ0) is 13.1. The molecule has 1 fully saturated rings. The highest BCUT2D eigenvalue weighted by atomic mass is 79.9. The summed E-state index contributed by atoms with van der Waals surface area (Å²) in [6.45, 7) is 4.75. The van der Waals surface area contributed by atoms with Crippen LogP contribution in [0.25, 0.3) is 0 Å². The minimum atomic E-state index is -0.213. The molecule has 0 amide bonds. The second-order valence-corrected chi connectivity index (χ2v) is 5.95. The van der Waals surface area contributed by atoms with Crippen LogP contribution >= 0.6 is 15.9 Å². The van der Waals surface area contributed by atoms with Crippen molar-refractivity contribution >= 4 is 21.6 Å². The van der Waals surface area contributed by atoms with Crippen molar-refractivity contribution < 1.29 is 5.11 Å². The predicted octanol–water partition coefficient (Wildman–Crippen LogP) is 2.38. The Hall–Kier alpha value is -0.580. The summed E-state index contributed by atoms with van der Waals surface area (Å²) in [5.74, 6) is 0.395. The third-order valence-corrected chi connectivity index (χ3v) is 4.16. The summed E-state index contributed by atoms with van der Waals surface area (Å²) in [6.07, 6.45) is 0.860. The minimum absolute atomic E-state index is 0.213.